The van der Waals surface area contributed by atoms with E-state index in [4.69, 9.17) is 10.5 Å². The molecule has 1 aromatic heterocycles. The summed E-state index contributed by atoms with van der Waals surface area (Å²) < 4.78 is 5.08. The maximum absolute atomic E-state index is 11.2. The Labute approximate surface area is 109 Å². The molecule has 1 aromatic carbocycles. The van der Waals surface area contributed by atoms with Gasteiger partial charge in [-0.1, -0.05) is 6.07 Å². The molecule has 0 aliphatic heterocycles. The van der Waals surface area contributed by atoms with Gasteiger partial charge in [-0.3, -0.25) is 4.79 Å². The van der Waals surface area contributed by atoms with Gasteiger partial charge in [0.05, 0.1) is 18.9 Å². The molecule has 0 unspecified atom stereocenters. The van der Waals surface area contributed by atoms with Crippen molar-refractivity contribution in [2.45, 2.75) is 12.8 Å². The lowest BCUT2D eigenvalue weighted by molar-refractivity contribution is 0.417. The van der Waals surface area contributed by atoms with Gasteiger partial charge in [0.25, 0.3) is 5.56 Å². The van der Waals surface area contributed by atoms with Crippen LogP contribution >= 0.6 is 0 Å². The zero-order valence-corrected chi connectivity index (χ0v) is 10.5. The average Bonchev–Trinajstić information content (AvgIpc) is 2.35. The molecule has 1 heterocycles. The van der Waals surface area contributed by atoms with Gasteiger partial charge in [0.1, 0.15) is 11.6 Å². The highest BCUT2D eigenvalue weighted by molar-refractivity contribution is 5.54. The quantitative estimate of drug-likeness (QED) is 0.708. The molecule has 6 heteroatoms. The van der Waals surface area contributed by atoms with Crippen molar-refractivity contribution in [2.24, 2.45) is 0 Å². The largest absolute Gasteiger partial charge is 0.495 e. The fourth-order valence-corrected chi connectivity index (χ4v) is 1.81. The Balaban J connectivity index is 2.10. The van der Waals surface area contributed by atoms with E-state index >= 15 is 0 Å². The first-order chi connectivity index (χ1) is 9.08. The van der Waals surface area contributed by atoms with Crippen molar-refractivity contribution >= 4 is 5.69 Å². The van der Waals surface area contributed by atoms with E-state index in [0.29, 0.717) is 30.1 Å². The normalized spacial score (nSPS) is 10.4. The molecule has 2 aromatic rings. The number of aromatic hydroxyl groups is 1. The first-order valence-corrected chi connectivity index (χ1v) is 5.80. The summed E-state index contributed by atoms with van der Waals surface area (Å²) in [6.07, 6.45) is 1.16. The van der Waals surface area contributed by atoms with Gasteiger partial charge in [-0.05, 0) is 24.1 Å². The number of aromatic nitrogens is 2. The molecule has 4 N–H and O–H groups in total. The molecular weight excluding hydrogens is 246 g/mol. The number of nitrogens with zero attached hydrogens (tertiary/aromatic N) is 1. The molecule has 0 atom stereocenters. The second-order valence-corrected chi connectivity index (χ2v) is 4.13. The number of hydrogen-bond donors (Lipinski definition) is 3. The number of nitrogens with one attached hydrogen (secondary N) is 1. The molecule has 0 amide bonds. The predicted octanol–water partition coefficient (Wildman–Crippen LogP) is 0.851. The number of ether oxygens (including phenoxy) is 1. The standard InChI is InChI=1S/C13H15N3O3/c1-19-10-4-2-8(6-9(10)14)3-5-11-15-12(17)7-13(18)16-11/h2,4,6-7H,3,5,14H2,1H3,(H2,15,16,17,18). The Morgan fingerprint density at radius 1 is 1.37 bits per heavy atom. The smallest absolute Gasteiger partial charge is 0.254 e. The minimum Gasteiger partial charge on any atom is -0.495 e. The van der Waals surface area contributed by atoms with Gasteiger partial charge >= 0.3 is 0 Å². The molecule has 6 nitrogen and oxygen atoms in total. The van der Waals surface area contributed by atoms with Gasteiger partial charge in [0, 0.05) is 6.42 Å². The summed E-state index contributed by atoms with van der Waals surface area (Å²) in [4.78, 5) is 17.6. The number of rotatable bonds is 4. The topological polar surface area (TPSA) is 101 Å². The lowest BCUT2D eigenvalue weighted by atomic mass is 10.1. The maximum atomic E-state index is 11.2. The molecule has 0 saturated heterocycles. The third-order valence-corrected chi connectivity index (χ3v) is 2.72. The van der Waals surface area contributed by atoms with E-state index in [0.717, 1.165) is 11.6 Å². The molecule has 0 saturated carbocycles. The summed E-state index contributed by atoms with van der Waals surface area (Å²) in [6.45, 7) is 0. The summed E-state index contributed by atoms with van der Waals surface area (Å²) in [7, 11) is 1.56. The SMILES string of the molecule is COc1ccc(CCc2nc(O)cc(=O)[nH]2)cc1N. The zero-order chi connectivity index (χ0) is 13.8. The Bertz CT molecular complexity index is 637. The van der Waals surface area contributed by atoms with Crippen molar-refractivity contribution < 1.29 is 9.84 Å². The minimum absolute atomic E-state index is 0.270. The number of anilines is 1. The van der Waals surface area contributed by atoms with Crippen LogP contribution in [0.3, 0.4) is 0 Å². The molecule has 0 radical (unpaired) electrons. The van der Waals surface area contributed by atoms with E-state index in [-0.39, 0.29) is 11.4 Å². The van der Waals surface area contributed by atoms with Crippen LogP contribution in [0.1, 0.15) is 11.4 Å². The number of H-pyrrole nitrogens is 1. The molecule has 0 aliphatic rings. The van der Waals surface area contributed by atoms with Gasteiger partial charge < -0.3 is 20.6 Å². The van der Waals surface area contributed by atoms with Crippen molar-refractivity contribution in [2.75, 3.05) is 12.8 Å². The second-order valence-electron chi connectivity index (χ2n) is 4.13. The van der Waals surface area contributed by atoms with Crippen LogP contribution in [0.25, 0.3) is 0 Å². The van der Waals surface area contributed by atoms with Crippen molar-refractivity contribution in [3.05, 3.63) is 46.0 Å². The van der Waals surface area contributed by atoms with E-state index in [1.54, 1.807) is 13.2 Å². The van der Waals surface area contributed by atoms with E-state index in [2.05, 4.69) is 9.97 Å². The third-order valence-electron chi connectivity index (χ3n) is 2.72. The highest BCUT2D eigenvalue weighted by atomic mass is 16.5. The minimum atomic E-state index is -0.364. The molecule has 0 aliphatic carbocycles. The fraction of sp³-hybridized carbons (Fsp3) is 0.231. The average molecular weight is 261 g/mol. The summed E-state index contributed by atoms with van der Waals surface area (Å²) in [5.41, 5.74) is 7.02. The van der Waals surface area contributed by atoms with Crippen molar-refractivity contribution in [1.82, 2.24) is 9.97 Å². The van der Waals surface area contributed by atoms with E-state index < -0.39 is 0 Å². The van der Waals surface area contributed by atoms with Gasteiger partial charge in [-0.2, -0.15) is 0 Å². The molecule has 0 fully saturated rings. The third kappa shape index (κ3) is 3.25. The highest BCUT2D eigenvalue weighted by Crippen LogP contribution is 2.22. The number of aromatic amines is 1. The summed E-state index contributed by atoms with van der Waals surface area (Å²) in [5.74, 6) is 0.806. The lowest BCUT2D eigenvalue weighted by Crippen LogP contribution is -2.10. The van der Waals surface area contributed by atoms with Crippen molar-refractivity contribution in [3.8, 4) is 11.6 Å². The van der Waals surface area contributed by atoms with Crippen LogP contribution in [0.4, 0.5) is 5.69 Å². The zero-order valence-electron chi connectivity index (χ0n) is 10.5. The van der Waals surface area contributed by atoms with E-state index in [1.165, 1.54) is 0 Å². The first-order valence-electron chi connectivity index (χ1n) is 5.80. The Kier molecular flexibility index (Phi) is 3.70. The monoisotopic (exact) mass is 261 g/mol. The van der Waals surface area contributed by atoms with Gasteiger partial charge in [-0.15, -0.1) is 0 Å². The molecule has 19 heavy (non-hydrogen) atoms. The molecule has 0 spiro atoms. The Hall–Kier alpha value is -2.50. The van der Waals surface area contributed by atoms with Crippen molar-refractivity contribution in [1.29, 1.82) is 0 Å². The maximum Gasteiger partial charge on any atom is 0.254 e. The van der Waals surface area contributed by atoms with Crippen LogP contribution in [0.2, 0.25) is 0 Å². The summed E-state index contributed by atoms with van der Waals surface area (Å²) in [6, 6.07) is 6.55. The van der Waals surface area contributed by atoms with Crippen LogP contribution < -0.4 is 16.0 Å². The fourth-order valence-electron chi connectivity index (χ4n) is 1.81. The summed E-state index contributed by atoms with van der Waals surface area (Å²) >= 11 is 0. The highest BCUT2D eigenvalue weighted by Gasteiger charge is 2.04. The van der Waals surface area contributed by atoms with Crippen LogP contribution in [0, 0.1) is 0 Å². The van der Waals surface area contributed by atoms with Crippen LogP contribution in [-0.2, 0) is 12.8 Å². The van der Waals surface area contributed by atoms with Crippen molar-refractivity contribution in [3.63, 3.8) is 0 Å². The van der Waals surface area contributed by atoms with Crippen LogP contribution in [0.5, 0.6) is 11.6 Å². The molecule has 0 bridgehead atoms. The number of aryl methyl sites for hydroxylation is 2. The van der Waals surface area contributed by atoms with Crippen LogP contribution in [0.15, 0.2) is 29.1 Å². The second kappa shape index (κ2) is 5.43. The first kappa shape index (κ1) is 12.9. The number of nitrogens with two attached hydrogens (primary N) is 1. The number of methoxy groups -OCH3 is 1. The lowest BCUT2D eigenvalue weighted by Gasteiger charge is -2.07. The number of nitrogen functional groups attached to an aromatic ring is 1. The molecule has 2 rings (SSSR count). The van der Waals surface area contributed by atoms with E-state index in [1.807, 2.05) is 12.1 Å². The van der Waals surface area contributed by atoms with Crippen LogP contribution in [-0.4, -0.2) is 22.2 Å². The number of hydrogen-bond acceptors (Lipinski definition) is 5. The number of benzene rings is 1. The summed E-state index contributed by atoms with van der Waals surface area (Å²) in [5, 5.41) is 9.24. The Morgan fingerprint density at radius 3 is 2.79 bits per heavy atom. The Morgan fingerprint density at radius 2 is 2.16 bits per heavy atom. The van der Waals surface area contributed by atoms with E-state index in [9.17, 15) is 9.90 Å². The molecule has 100 valence electrons. The van der Waals surface area contributed by atoms with Gasteiger partial charge in [0.15, 0.2) is 0 Å². The van der Waals surface area contributed by atoms with Gasteiger partial charge in [-0.25, -0.2) is 4.98 Å². The predicted molar refractivity (Wildman–Crippen MR) is 71.3 cm³/mol. The molecular formula is C13H15N3O3. The van der Waals surface area contributed by atoms with Gasteiger partial charge in [0.2, 0.25) is 5.88 Å².